The molecule has 0 aliphatic rings. The topological polar surface area (TPSA) is 37.0 Å². The number of rotatable bonds is 2. The molecular weight excluding hydrogens is 104 g/mol. The molecule has 0 amide bonds. The molecule has 45 valence electrons. The van der Waals surface area contributed by atoms with Gasteiger partial charge in [-0.25, -0.2) is 9.90 Å². The molecule has 8 heavy (non-hydrogen) atoms. The normalized spacial score (nSPS) is 11.5. The first-order valence-corrected chi connectivity index (χ1v) is 2.56. The van der Waals surface area contributed by atoms with Crippen LogP contribution in [0.3, 0.4) is 0 Å². The molecule has 0 spiro atoms. The van der Waals surface area contributed by atoms with Gasteiger partial charge in [-0.3, -0.25) is 0 Å². The van der Waals surface area contributed by atoms with Crippen LogP contribution < -0.4 is 0 Å². The summed E-state index contributed by atoms with van der Waals surface area (Å²) in [7, 11) is 0. The van der Waals surface area contributed by atoms with Crippen LogP contribution in [0.5, 0.6) is 0 Å². The fourth-order valence-corrected chi connectivity index (χ4v) is 0.390. The van der Waals surface area contributed by atoms with Crippen molar-refractivity contribution in [2.75, 3.05) is 0 Å². The van der Waals surface area contributed by atoms with Gasteiger partial charge in [0, 0.05) is 5.57 Å². The first kappa shape index (κ1) is 7.21. The Labute approximate surface area is 48.8 Å². The monoisotopic (exact) mass is 113 g/mol. The summed E-state index contributed by atoms with van der Waals surface area (Å²) < 4.78 is 0. The van der Waals surface area contributed by atoms with E-state index in [1.807, 2.05) is 6.92 Å². The zero-order valence-electron chi connectivity index (χ0n) is 5.10. The van der Waals surface area contributed by atoms with Gasteiger partial charge in [-0.05, 0) is 13.3 Å². The second kappa shape index (κ2) is 3.24. The number of carbonyl (C=O) groups is 1. The van der Waals surface area contributed by atoms with Crippen LogP contribution in [0.25, 0.3) is 0 Å². The molecule has 0 fully saturated rings. The van der Waals surface area contributed by atoms with E-state index < -0.39 is 5.97 Å². The van der Waals surface area contributed by atoms with Crippen molar-refractivity contribution in [2.24, 2.45) is 0 Å². The van der Waals surface area contributed by atoms with E-state index in [4.69, 9.17) is 0 Å². The van der Waals surface area contributed by atoms with E-state index >= 15 is 0 Å². The Morgan fingerprint density at radius 1 is 1.62 bits per heavy atom. The molecule has 0 aromatic heterocycles. The molecule has 0 heterocycles. The van der Waals surface area contributed by atoms with E-state index in [2.05, 4.69) is 0 Å². The van der Waals surface area contributed by atoms with Gasteiger partial charge in [0.05, 0.1) is 0 Å². The van der Waals surface area contributed by atoms with Crippen LogP contribution in [0.2, 0.25) is 0 Å². The lowest BCUT2D eigenvalue weighted by atomic mass is 10.2. The number of carbonyl (C=O) groups excluding carboxylic acids is 1. The molecule has 0 saturated heterocycles. The third-order valence-corrected chi connectivity index (χ3v) is 0.832. The standard InChI is InChI=1S/C6H9O2/c1-3-4-5(2)6(7)8/h4H,3H2,1-2H3/b5-4+. The number of hydrogen-bond acceptors (Lipinski definition) is 1. The molecule has 0 N–H and O–H groups in total. The summed E-state index contributed by atoms with van der Waals surface area (Å²) in [4.78, 5) is 9.91. The average Bonchev–Trinajstić information content (AvgIpc) is 1.67. The second-order valence-corrected chi connectivity index (χ2v) is 1.58. The van der Waals surface area contributed by atoms with E-state index in [1.54, 1.807) is 6.08 Å². The Kier molecular flexibility index (Phi) is 2.92. The van der Waals surface area contributed by atoms with Crippen LogP contribution in [0.15, 0.2) is 11.6 Å². The van der Waals surface area contributed by atoms with Gasteiger partial charge in [0.25, 0.3) is 0 Å². The zero-order valence-corrected chi connectivity index (χ0v) is 5.10. The maximum atomic E-state index is 9.91. The predicted molar refractivity (Wildman–Crippen MR) is 29.7 cm³/mol. The molecule has 0 saturated carbocycles. The van der Waals surface area contributed by atoms with Gasteiger partial charge in [0.1, 0.15) is 0 Å². The van der Waals surface area contributed by atoms with E-state index in [0.29, 0.717) is 5.57 Å². The minimum atomic E-state index is -1.08. The third-order valence-electron chi connectivity index (χ3n) is 0.832. The third kappa shape index (κ3) is 2.39. The molecule has 0 aliphatic carbocycles. The molecule has 2 heteroatoms. The molecule has 0 unspecified atom stereocenters. The molecule has 1 radical (unpaired) electrons. The molecule has 0 rings (SSSR count). The Morgan fingerprint density at radius 2 is 2.12 bits per heavy atom. The smallest absolute Gasteiger partial charge is 0.242 e. The van der Waals surface area contributed by atoms with Gasteiger partial charge in [0.2, 0.25) is 0 Å². The maximum Gasteiger partial charge on any atom is 0.381 e. The SMILES string of the molecule is CC/C=C(\C)C([O])=O. The Hall–Kier alpha value is -0.790. The molecule has 2 nitrogen and oxygen atoms in total. The van der Waals surface area contributed by atoms with Crippen molar-refractivity contribution in [2.45, 2.75) is 20.3 Å². The predicted octanol–water partition coefficient (Wildman–Crippen LogP) is 1.30. The Morgan fingerprint density at radius 3 is 2.25 bits per heavy atom. The lowest BCUT2D eigenvalue weighted by Gasteiger charge is -1.83. The lowest BCUT2D eigenvalue weighted by molar-refractivity contribution is -0.138. The highest BCUT2D eigenvalue weighted by Gasteiger charge is 1.98. The highest BCUT2D eigenvalue weighted by Crippen LogP contribution is 1.93. The average molecular weight is 113 g/mol. The molecule has 0 aromatic rings. The summed E-state index contributed by atoms with van der Waals surface area (Å²) in [6, 6.07) is 0. The highest BCUT2D eigenvalue weighted by molar-refractivity contribution is 5.85. The van der Waals surface area contributed by atoms with Crippen LogP contribution in [-0.2, 0) is 9.90 Å². The molecular formula is C6H9O2. The molecule has 0 aromatic carbocycles. The minimum Gasteiger partial charge on any atom is -0.242 e. The van der Waals surface area contributed by atoms with Gasteiger partial charge >= 0.3 is 5.97 Å². The van der Waals surface area contributed by atoms with Gasteiger partial charge in [-0.2, -0.15) is 0 Å². The maximum absolute atomic E-state index is 9.91. The van der Waals surface area contributed by atoms with Crippen molar-refractivity contribution in [3.05, 3.63) is 11.6 Å². The Bertz CT molecular complexity index is 114. The lowest BCUT2D eigenvalue weighted by Crippen LogP contribution is -1.92. The summed E-state index contributed by atoms with van der Waals surface area (Å²) in [5, 5.41) is 9.91. The fourth-order valence-electron chi connectivity index (χ4n) is 0.390. The minimum absolute atomic E-state index is 0.313. The van der Waals surface area contributed by atoms with Crippen LogP contribution in [-0.4, -0.2) is 5.97 Å². The molecule has 0 aliphatic heterocycles. The van der Waals surface area contributed by atoms with Crippen molar-refractivity contribution in [1.82, 2.24) is 0 Å². The summed E-state index contributed by atoms with van der Waals surface area (Å²) in [5.74, 6) is -1.08. The fraction of sp³-hybridized carbons (Fsp3) is 0.500. The van der Waals surface area contributed by atoms with Gasteiger partial charge in [-0.1, -0.05) is 13.0 Å². The summed E-state index contributed by atoms with van der Waals surface area (Å²) in [5.41, 5.74) is 0.313. The van der Waals surface area contributed by atoms with Crippen LogP contribution in [0, 0.1) is 0 Å². The van der Waals surface area contributed by atoms with E-state index in [1.165, 1.54) is 6.92 Å². The van der Waals surface area contributed by atoms with Crippen LogP contribution in [0.4, 0.5) is 0 Å². The van der Waals surface area contributed by atoms with Crippen molar-refractivity contribution in [3.8, 4) is 0 Å². The summed E-state index contributed by atoms with van der Waals surface area (Å²) >= 11 is 0. The van der Waals surface area contributed by atoms with Gasteiger partial charge < -0.3 is 0 Å². The van der Waals surface area contributed by atoms with E-state index in [-0.39, 0.29) is 0 Å². The van der Waals surface area contributed by atoms with E-state index in [0.717, 1.165) is 6.42 Å². The first-order valence-electron chi connectivity index (χ1n) is 2.56. The first-order chi connectivity index (χ1) is 3.68. The highest BCUT2D eigenvalue weighted by atomic mass is 16.4. The number of hydrogen-bond donors (Lipinski definition) is 0. The van der Waals surface area contributed by atoms with Gasteiger partial charge in [-0.15, -0.1) is 0 Å². The van der Waals surface area contributed by atoms with Crippen molar-refractivity contribution >= 4 is 5.97 Å². The van der Waals surface area contributed by atoms with Gasteiger partial charge in [0.15, 0.2) is 0 Å². The largest absolute Gasteiger partial charge is 0.381 e. The van der Waals surface area contributed by atoms with Crippen molar-refractivity contribution in [3.63, 3.8) is 0 Å². The molecule has 0 atom stereocenters. The zero-order chi connectivity index (χ0) is 6.57. The van der Waals surface area contributed by atoms with Crippen LogP contribution in [0.1, 0.15) is 20.3 Å². The summed E-state index contributed by atoms with van der Waals surface area (Å²) in [6.07, 6.45) is 2.37. The quantitative estimate of drug-likeness (QED) is 0.497. The second-order valence-electron chi connectivity index (χ2n) is 1.58. The Balaban J connectivity index is 3.80. The van der Waals surface area contributed by atoms with Crippen molar-refractivity contribution in [1.29, 1.82) is 0 Å². The van der Waals surface area contributed by atoms with Crippen LogP contribution >= 0.6 is 0 Å². The molecule has 0 bridgehead atoms. The summed E-state index contributed by atoms with van der Waals surface area (Å²) in [6.45, 7) is 3.41. The van der Waals surface area contributed by atoms with E-state index in [9.17, 15) is 9.90 Å². The van der Waals surface area contributed by atoms with Crippen molar-refractivity contribution < 1.29 is 9.90 Å². The number of allylic oxidation sites excluding steroid dienone is 1.